The van der Waals surface area contributed by atoms with Gasteiger partial charge in [0.25, 0.3) is 0 Å². The van der Waals surface area contributed by atoms with Crippen LogP contribution in [0.25, 0.3) is 0 Å². The Kier molecular flexibility index (Phi) is 5.25. The summed E-state index contributed by atoms with van der Waals surface area (Å²) in [4.78, 5) is 0. The molecule has 0 aliphatic carbocycles. The van der Waals surface area contributed by atoms with Crippen molar-refractivity contribution in [3.8, 4) is 0 Å². The van der Waals surface area contributed by atoms with Crippen LogP contribution in [0.15, 0.2) is 36.4 Å². The van der Waals surface area contributed by atoms with Crippen molar-refractivity contribution in [2.45, 2.75) is 63.5 Å². The van der Waals surface area contributed by atoms with Crippen molar-refractivity contribution in [3.63, 3.8) is 0 Å². The first-order valence-corrected chi connectivity index (χ1v) is 9.99. The maximum absolute atomic E-state index is 10.7. The molecule has 1 fully saturated rings. The van der Waals surface area contributed by atoms with Crippen LogP contribution in [0.5, 0.6) is 0 Å². The highest BCUT2D eigenvalue weighted by Crippen LogP contribution is 2.47. The van der Waals surface area contributed by atoms with Gasteiger partial charge in [0.1, 0.15) is 18.3 Å². The molecule has 1 saturated heterocycles. The third-order valence-electron chi connectivity index (χ3n) is 5.82. The molecule has 0 aromatic heterocycles. The number of ether oxygens (including phenoxy) is 2. The summed E-state index contributed by atoms with van der Waals surface area (Å²) in [5, 5.41) is 31.6. The van der Waals surface area contributed by atoms with E-state index in [4.69, 9.17) is 21.1 Å². The number of fused-ring (bicyclic) bond motifs is 2. The summed E-state index contributed by atoms with van der Waals surface area (Å²) in [6.45, 7) is 3.98. The molecule has 2 heterocycles. The highest BCUT2D eigenvalue weighted by molar-refractivity contribution is 6.31. The predicted molar refractivity (Wildman–Crippen MR) is 105 cm³/mol. The lowest BCUT2D eigenvalue weighted by molar-refractivity contribution is -0.362. The van der Waals surface area contributed by atoms with Gasteiger partial charge in [-0.2, -0.15) is 0 Å². The quantitative estimate of drug-likeness (QED) is 0.733. The van der Waals surface area contributed by atoms with E-state index in [1.165, 1.54) is 5.56 Å². The maximum atomic E-state index is 10.7. The first-order chi connectivity index (χ1) is 13.4. The second kappa shape index (κ2) is 7.41. The summed E-state index contributed by atoms with van der Waals surface area (Å²) in [5.74, 6) is -1.50. The summed E-state index contributed by atoms with van der Waals surface area (Å²) in [6, 6.07) is 12.1. The molecule has 0 radical (unpaired) electrons. The zero-order valence-corrected chi connectivity index (χ0v) is 16.7. The molecule has 5 nitrogen and oxygen atoms in total. The summed E-state index contributed by atoms with van der Waals surface area (Å²) in [5.41, 5.74) is 4.75. The minimum Gasteiger partial charge on any atom is -0.388 e. The van der Waals surface area contributed by atoms with E-state index in [0.29, 0.717) is 17.0 Å². The van der Waals surface area contributed by atoms with Crippen LogP contribution in [0, 0.1) is 0 Å². The molecule has 0 unspecified atom stereocenters. The molecule has 1 spiro atoms. The van der Waals surface area contributed by atoms with Crippen molar-refractivity contribution in [2.75, 3.05) is 0 Å². The Bertz CT molecular complexity index is 868. The number of aliphatic hydroxyl groups is 3. The SMILES string of the molecule is CCc1ccc(Cc2cc3c(cc2Cl)CO[C@]32O[C@H](C)[C@@H](O)[C@H](O)[C@H]2O)cc1. The van der Waals surface area contributed by atoms with E-state index in [0.717, 1.165) is 23.1 Å². The first-order valence-electron chi connectivity index (χ1n) is 9.61. The van der Waals surface area contributed by atoms with Crippen molar-refractivity contribution in [2.24, 2.45) is 0 Å². The molecule has 0 bridgehead atoms. The maximum Gasteiger partial charge on any atom is 0.225 e. The lowest BCUT2D eigenvalue weighted by Crippen LogP contribution is -2.62. The zero-order chi connectivity index (χ0) is 20.1. The number of hydrogen-bond donors (Lipinski definition) is 3. The van der Waals surface area contributed by atoms with Gasteiger partial charge in [0, 0.05) is 10.6 Å². The van der Waals surface area contributed by atoms with Crippen LogP contribution in [0.2, 0.25) is 5.02 Å². The number of aliphatic hydroxyl groups excluding tert-OH is 3. The average molecular weight is 405 g/mol. The van der Waals surface area contributed by atoms with Crippen molar-refractivity contribution < 1.29 is 24.8 Å². The Morgan fingerprint density at radius 1 is 1.07 bits per heavy atom. The van der Waals surface area contributed by atoms with E-state index < -0.39 is 30.2 Å². The monoisotopic (exact) mass is 404 g/mol. The van der Waals surface area contributed by atoms with Gasteiger partial charge >= 0.3 is 0 Å². The van der Waals surface area contributed by atoms with E-state index in [1.807, 2.05) is 12.1 Å². The molecule has 0 saturated carbocycles. The summed E-state index contributed by atoms with van der Waals surface area (Å²) >= 11 is 6.51. The van der Waals surface area contributed by atoms with Gasteiger partial charge < -0.3 is 24.8 Å². The van der Waals surface area contributed by atoms with E-state index in [2.05, 4.69) is 31.2 Å². The zero-order valence-electron chi connectivity index (χ0n) is 15.9. The normalized spacial score (nSPS) is 31.9. The molecule has 2 aliphatic heterocycles. The van der Waals surface area contributed by atoms with Crippen molar-refractivity contribution in [1.29, 1.82) is 0 Å². The fourth-order valence-electron chi connectivity index (χ4n) is 4.06. The Morgan fingerprint density at radius 3 is 2.43 bits per heavy atom. The lowest BCUT2D eigenvalue weighted by Gasteiger charge is -2.45. The topological polar surface area (TPSA) is 79.2 Å². The van der Waals surface area contributed by atoms with Crippen LogP contribution in [0.3, 0.4) is 0 Å². The highest BCUT2D eigenvalue weighted by atomic mass is 35.5. The molecule has 2 aromatic carbocycles. The third-order valence-corrected chi connectivity index (χ3v) is 6.17. The molecule has 4 rings (SSSR count). The molecule has 28 heavy (non-hydrogen) atoms. The van der Waals surface area contributed by atoms with Gasteiger partial charge in [-0.15, -0.1) is 0 Å². The number of halogens is 1. The minimum atomic E-state index is -1.50. The van der Waals surface area contributed by atoms with Crippen LogP contribution < -0.4 is 0 Å². The third kappa shape index (κ3) is 3.16. The van der Waals surface area contributed by atoms with Gasteiger partial charge in [0.15, 0.2) is 0 Å². The molecule has 5 atom stereocenters. The summed E-state index contributed by atoms with van der Waals surface area (Å²) in [6.07, 6.45) is -3.03. The van der Waals surface area contributed by atoms with Crippen molar-refractivity contribution in [1.82, 2.24) is 0 Å². The molecule has 0 amide bonds. The molecule has 150 valence electrons. The van der Waals surface area contributed by atoms with Crippen molar-refractivity contribution in [3.05, 3.63) is 69.2 Å². The fraction of sp³-hybridized carbons (Fsp3) is 0.455. The van der Waals surface area contributed by atoms with Gasteiger partial charge in [-0.25, -0.2) is 0 Å². The van der Waals surface area contributed by atoms with E-state index in [1.54, 1.807) is 6.92 Å². The average Bonchev–Trinajstić information content (AvgIpc) is 3.04. The summed E-state index contributed by atoms with van der Waals surface area (Å²) < 4.78 is 11.7. The number of aryl methyl sites for hydroxylation is 1. The number of benzene rings is 2. The Morgan fingerprint density at radius 2 is 1.75 bits per heavy atom. The predicted octanol–water partition coefficient (Wildman–Crippen LogP) is 2.68. The van der Waals surface area contributed by atoms with Gasteiger partial charge in [-0.05, 0) is 54.2 Å². The number of hydrogen-bond acceptors (Lipinski definition) is 5. The van der Waals surface area contributed by atoms with Crippen molar-refractivity contribution >= 4 is 11.6 Å². The minimum absolute atomic E-state index is 0.215. The molecular weight excluding hydrogens is 380 g/mol. The Labute approximate surface area is 169 Å². The molecule has 6 heteroatoms. The van der Waals surface area contributed by atoms with Crippen LogP contribution >= 0.6 is 11.6 Å². The van der Waals surface area contributed by atoms with Gasteiger partial charge in [-0.3, -0.25) is 0 Å². The second-order valence-electron chi connectivity index (χ2n) is 7.65. The van der Waals surface area contributed by atoms with Crippen LogP contribution in [0.1, 0.15) is 41.7 Å². The molecule has 2 aromatic rings. The van der Waals surface area contributed by atoms with E-state index in [9.17, 15) is 15.3 Å². The van der Waals surface area contributed by atoms with Crippen LogP contribution in [-0.4, -0.2) is 39.7 Å². The van der Waals surface area contributed by atoms with Crippen LogP contribution in [-0.2, 0) is 34.7 Å². The van der Waals surface area contributed by atoms with E-state index >= 15 is 0 Å². The molecule has 2 aliphatic rings. The highest BCUT2D eigenvalue weighted by Gasteiger charge is 2.57. The number of rotatable bonds is 3. The van der Waals surface area contributed by atoms with Gasteiger partial charge in [-0.1, -0.05) is 42.8 Å². The largest absolute Gasteiger partial charge is 0.388 e. The Balaban J connectivity index is 1.70. The second-order valence-corrected chi connectivity index (χ2v) is 8.06. The lowest BCUT2D eigenvalue weighted by atomic mass is 9.86. The Hall–Kier alpha value is -1.47. The van der Waals surface area contributed by atoms with Gasteiger partial charge in [0.05, 0.1) is 12.7 Å². The van der Waals surface area contributed by atoms with Gasteiger partial charge in [0.2, 0.25) is 5.79 Å². The van der Waals surface area contributed by atoms with Crippen LogP contribution in [0.4, 0.5) is 0 Å². The standard InChI is InChI=1S/C22H25ClO5/c1-3-13-4-6-14(7-5-13)8-15-9-17-16(10-18(15)23)11-27-22(17)21(26)20(25)19(24)12(2)28-22/h4-7,9-10,12,19-21,24-26H,3,8,11H2,1-2H3/t12-,19-,20+,21-,22+/m1/s1. The molecule has 3 N–H and O–H groups in total. The smallest absolute Gasteiger partial charge is 0.225 e. The molecular formula is C22H25ClO5. The fourth-order valence-corrected chi connectivity index (χ4v) is 4.31. The summed E-state index contributed by atoms with van der Waals surface area (Å²) in [7, 11) is 0. The van der Waals surface area contributed by atoms with E-state index in [-0.39, 0.29) is 6.61 Å². The first kappa shape index (κ1) is 19.8.